The lowest BCUT2D eigenvalue weighted by Gasteiger charge is -2.32. The Labute approximate surface area is 217 Å². The van der Waals surface area contributed by atoms with E-state index in [9.17, 15) is 18.0 Å². The number of sulfonamides is 1. The maximum Gasteiger partial charge on any atom is 0.243 e. The molecule has 0 aliphatic heterocycles. The van der Waals surface area contributed by atoms with Gasteiger partial charge in [-0.2, -0.15) is 4.31 Å². The summed E-state index contributed by atoms with van der Waals surface area (Å²) in [5, 5.41) is 3.09. The van der Waals surface area contributed by atoms with Gasteiger partial charge in [-0.25, -0.2) is 8.42 Å². The van der Waals surface area contributed by atoms with Crippen LogP contribution in [0, 0.1) is 6.92 Å². The van der Waals surface area contributed by atoms with Gasteiger partial charge in [-0.1, -0.05) is 65.0 Å². The summed E-state index contributed by atoms with van der Waals surface area (Å²) in [4.78, 5) is 28.1. The van der Waals surface area contributed by atoms with E-state index in [0.717, 1.165) is 45.6 Å². The SMILES string of the molecule is Cc1ccc(S(=O)(=O)N(C)CC(=O)N(Cc2cccc(Br)c2)C(C)C(=O)NC2CCCCC2)cc1. The quantitative estimate of drug-likeness (QED) is 0.494. The molecule has 2 aromatic rings. The molecule has 0 heterocycles. The number of aryl methyl sites for hydroxylation is 1. The van der Waals surface area contributed by atoms with Crippen molar-refractivity contribution in [2.75, 3.05) is 13.6 Å². The second kappa shape index (κ2) is 12.1. The van der Waals surface area contributed by atoms with E-state index in [1.54, 1.807) is 19.1 Å². The molecule has 1 aliphatic carbocycles. The molecule has 1 saturated carbocycles. The molecule has 3 rings (SSSR count). The van der Waals surface area contributed by atoms with Gasteiger partial charge in [0.15, 0.2) is 0 Å². The Morgan fingerprint density at radius 3 is 2.37 bits per heavy atom. The van der Waals surface area contributed by atoms with E-state index < -0.39 is 22.0 Å². The molecule has 1 atom stereocenters. The molecule has 0 spiro atoms. The largest absolute Gasteiger partial charge is 0.352 e. The molecule has 0 radical (unpaired) electrons. The number of nitrogens with one attached hydrogen (secondary N) is 1. The number of carbonyl (C=O) groups is 2. The molecule has 1 aliphatic rings. The zero-order valence-electron chi connectivity index (χ0n) is 20.5. The molecule has 1 fully saturated rings. The van der Waals surface area contributed by atoms with Crippen LogP contribution in [0.4, 0.5) is 0 Å². The zero-order valence-corrected chi connectivity index (χ0v) is 22.9. The Kier molecular flexibility index (Phi) is 9.49. The summed E-state index contributed by atoms with van der Waals surface area (Å²) in [5.74, 6) is -0.654. The maximum atomic E-state index is 13.4. The Morgan fingerprint density at radius 2 is 1.74 bits per heavy atom. The van der Waals surface area contributed by atoms with E-state index in [1.165, 1.54) is 30.5 Å². The highest BCUT2D eigenvalue weighted by atomic mass is 79.9. The van der Waals surface area contributed by atoms with Crippen LogP contribution in [0.3, 0.4) is 0 Å². The third-order valence-corrected chi connectivity index (χ3v) is 8.76. The van der Waals surface area contributed by atoms with Crippen LogP contribution < -0.4 is 5.32 Å². The molecule has 1 N–H and O–H groups in total. The lowest BCUT2D eigenvalue weighted by atomic mass is 9.95. The normalized spacial score (nSPS) is 15.6. The minimum Gasteiger partial charge on any atom is -0.352 e. The lowest BCUT2D eigenvalue weighted by molar-refractivity contribution is -0.141. The fourth-order valence-corrected chi connectivity index (χ4v) is 5.81. The van der Waals surface area contributed by atoms with Crippen LogP contribution in [0.5, 0.6) is 0 Å². The molecule has 2 amide bonds. The van der Waals surface area contributed by atoms with Crippen molar-refractivity contribution >= 4 is 37.8 Å². The zero-order chi connectivity index (χ0) is 25.6. The van der Waals surface area contributed by atoms with Gasteiger partial charge in [0, 0.05) is 24.1 Å². The standard InChI is InChI=1S/C26H34BrN3O4S/c1-19-12-14-24(15-13-19)35(33,34)29(3)18-25(31)30(17-21-8-7-9-22(27)16-21)20(2)26(32)28-23-10-5-4-6-11-23/h7-9,12-16,20,23H,4-6,10-11,17-18H2,1-3H3,(H,28,32). The van der Waals surface area contributed by atoms with Gasteiger partial charge in [-0.05, 0) is 56.5 Å². The average Bonchev–Trinajstić information content (AvgIpc) is 2.83. The van der Waals surface area contributed by atoms with Crippen molar-refractivity contribution in [2.45, 2.75) is 69.5 Å². The number of amides is 2. The van der Waals surface area contributed by atoms with Crippen molar-refractivity contribution in [3.8, 4) is 0 Å². The van der Waals surface area contributed by atoms with Gasteiger partial charge < -0.3 is 10.2 Å². The van der Waals surface area contributed by atoms with E-state index in [0.29, 0.717) is 0 Å². The summed E-state index contributed by atoms with van der Waals surface area (Å²) in [6.45, 7) is 3.40. The van der Waals surface area contributed by atoms with Gasteiger partial charge >= 0.3 is 0 Å². The summed E-state index contributed by atoms with van der Waals surface area (Å²) in [7, 11) is -2.47. The van der Waals surface area contributed by atoms with Gasteiger partial charge in [-0.15, -0.1) is 0 Å². The molecule has 9 heteroatoms. The summed E-state index contributed by atoms with van der Waals surface area (Å²) in [6, 6.07) is 13.4. The number of hydrogen-bond donors (Lipinski definition) is 1. The molecule has 35 heavy (non-hydrogen) atoms. The van der Waals surface area contributed by atoms with Gasteiger partial charge in [0.25, 0.3) is 0 Å². The first-order chi connectivity index (χ1) is 16.6. The highest BCUT2D eigenvalue weighted by Gasteiger charge is 2.31. The topological polar surface area (TPSA) is 86.8 Å². The number of halogens is 1. The first kappa shape index (κ1) is 27.4. The van der Waals surface area contributed by atoms with Crippen LogP contribution in [0.2, 0.25) is 0 Å². The third kappa shape index (κ3) is 7.38. The molecule has 7 nitrogen and oxygen atoms in total. The lowest BCUT2D eigenvalue weighted by Crippen LogP contribution is -2.52. The van der Waals surface area contributed by atoms with Crippen LogP contribution in [0.1, 0.15) is 50.2 Å². The smallest absolute Gasteiger partial charge is 0.243 e. The fraction of sp³-hybridized carbons (Fsp3) is 0.462. The highest BCUT2D eigenvalue weighted by molar-refractivity contribution is 9.10. The third-order valence-electron chi connectivity index (χ3n) is 6.45. The second-order valence-corrected chi connectivity index (χ2v) is 12.2. The molecule has 0 bridgehead atoms. The predicted octanol–water partition coefficient (Wildman–Crippen LogP) is 4.24. The van der Waals surface area contributed by atoms with Crippen molar-refractivity contribution in [3.63, 3.8) is 0 Å². The minimum atomic E-state index is -3.85. The van der Waals surface area contributed by atoms with Crippen molar-refractivity contribution in [2.24, 2.45) is 0 Å². The van der Waals surface area contributed by atoms with Crippen LogP contribution in [0.15, 0.2) is 57.9 Å². The van der Waals surface area contributed by atoms with Crippen molar-refractivity contribution in [1.29, 1.82) is 0 Å². The van der Waals surface area contributed by atoms with E-state index in [-0.39, 0.29) is 29.9 Å². The van der Waals surface area contributed by atoms with Crippen LogP contribution >= 0.6 is 15.9 Å². The number of rotatable bonds is 9. The van der Waals surface area contributed by atoms with E-state index in [1.807, 2.05) is 31.2 Å². The first-order valence-electron chi connectivity index (χ1n) is 11.9. The predicted molar refractivity (Wildman–Crippen MR) is 140 cm³/mol. The molecule has 1 unspecified atom stereocenters. The van der Waals surface area contributed by atoms with Gasteiger partial charge in [0.05, 0.1) is 11.4 Å². The molecular formula is C26H34BrN3O4S. The van der Waals surface area contributed by atoms with Gasteiger partial charge in [0.1, 0.15) is 6.04 Å². The summed E-state index contributed by atoms with van der Waals surface area (Å²) in [6.07, 6.45) is 5.23. The Balaban J connectivity index is 1.79. The maximum absolute atomic E-state index is 13.4. The summed E-state index contributed by atoms with van der Waals surface area (Å²) in [5.41, 5.74) is 1.79. The van der Waals surface area contributed by atoms with Crippen molar-refractivity contribution < 1.29 is 18.0 Å². The van der Waals surface area contributed by atoms with Crippen LogP contribution in [-0.2, 0) is 26.2 Å². The monoisotopic (exact) mass is 563 g/mol. The number of hydrogen-bond acceptors (Lipinski definition) is 4. The number of nitrogens with zero attached hydrogens (tertiary/aromatic N) is 2. The Bertz CT molecular complexity index is 1130. The van der Waals surface area contributed by atoms with Crippen molar-refractivity contribution in [1.82, 2.24) is 14.5 Å². The van der Waals surface area contributed by atoms with Crippen molar-refractivity contribution in [3.05, 3.63) is 64.1 Å². The van der Waals surface area contributed by atoms with Crippen LogP contribution in [0.25, 0.3) is 0 Å². The van der Waals surface area contributed by atoms with Crippen LogP contribution in [-0.4, -0.2) is 55.1 Å². The molecule has 2 aromatic carbocycles. The fourth-order valence-electron chi connectivity index (χ4n) is 4.24. The molecule has 190 valence electrons. The molecular weight excluding hydrogens is 530 g/mol. The van der Waals surface area contributed by atoms with E-state index in [4.69, 9.17) is 0 Å². The minimum absolute atomic E-state index is 0.117. The number of benzene rings is 2. The number of likely N-dealkylation sites (N-methyl/N-ethyl adjacent to an activating group) is 1. The van der Waals surface area contributed by atoms with E-state index in [2.05, 4.69) is 21.2 Å². The Morgan fingerprint density at radius 1 is 1.09 bits per heavy atom. The molecule has 0 saturated heterocycles. The molecule has 0 aromatic heterocycles. The summed E-state index contributed by atoms with van der Waals surface area (Å²) >= 11 is 3.45. The average molecular weight is 565 g/mol. The second-order valence-electron chi connectivity index (χ2n) is 9.25. The first-order valence-corrected chi connectivity index (χ1v) is 14.2. The Hall–Kier alpha value is -2.23. The van der Waals surface area contributed by atoms with Gasteiger partial charge in [-0.3, -0.25) is 9.59 Å². The highest BCUT2D eigenvalue weighted by Crippen LogP contribution is 2.20. The van der Waals surface area contributed by atoms with Gasteiger partial charge in [0.2, 0.25) is 21.8 Å². The van der Waals surface area contributed by atoms with E-state index >= 15 is 0 Å². The summed E-state index contributed by atoms with van der Waals surface area (Å²) < 4.78 is 28.0. The number of carbonyl (C=O) groups excluding carboxylic acids is 2.